The second kappa shape index (κ2) is 13.2. The third-order valence-electron chi connectivity index (χ3n) is 7.38. The third kappa shape index (κ3) is 6.80. The molecular formula is C28H36N4O7S. The van der Waals surface area contributed by atoms with Gasteiger partial charge in [0.2, 0.25) is 21.8 Å². The SMILES string of the molecule is COC(=O)[C@H](Cc1ccc(OC)cc1)NC(=O)[C@@H]1CN(C(=O)C2CCNCC2)CCN1S(=O)(=O)c1ccccc1. The number of piperazine rings is 1. The summed E-state index contributed by atoms with van der Waals surface area (Å²) in [6, 6.07) is 12.6. The quantitative estimate of drug-likeness (QED) is 0.422. The summed E-state index contributed by atoms with van der Waals surface area (Å²) in [7, 11) is -1.29. The molecule has 40 heavy (non-hydrogen) atoms. The highest BCUT2D eigenvalue weighted by Gasteiger charge is 2.43. The van der Waals surface area contributed by atoms with Crippen LogP contribution < -0.4 is 15.4 Å². The number of carbonyl (C=O) groups is 3. The van der Waals surface area contributed by atoms with E-state index >= 15 is 0 Å². The van der Waals surface area contributed by atoms with Crippen molar-refractivity contribution in [2.24, 2.45) is 5.92 Å². The smallest absolute Gasteiger partial charge is 0.328 e. The van der Waals surface area contributed by atoms with Crippen molar-refractivity contribution in [2.75, 3.05) is 46.9 Å². The fraction of sp³-hybridized carbons (Fsp3) is 0.464. The van der Waals surface area contributed by atoms with Crippen LogP contribution in [-0.4, -0.2) is 94.4 Å². The van der Waals surface area contributed by atoms with E-state index in [4.69, 9.17) is 9.47 Å². The predicted octanol–water partition coefficient (Wildman–Crippen LogP) is 0.797. The fourth-order valence-electron chi connectivity index (χ4n) is 5.12. The summed E-state index contributed by atoms with van der Waals surface area (Å²) in [4.78, 5) is 41.4. The lowest BCUT2D eigenvalue weighted by atomic mass is 9.96. The zero-order chi connectivity index (χ0) is 28.7. The highest BCUT2D eigenvalue weighted by Crippen LogP contribution is 2.24. The fourth-order valence-corrected chi connectivity index (χ4v) is 6.71. The van der Waals surface area contributed by atoms with E-state index in [1.165, 1.54) is 19.2 Å². The molecule has 11 nitrogen and oxygen atoms in total. The monoisotopic (exact) mass is 572 g/mol. The molecule has 2 N–H and O–H groups in total. The number of piperidine rings is 1. The van der Waals surface area contributed by atoms with Gasteiger partial charge in [-0.3, -0.25) is 9.59 Å². The van der Waals surface area contributed by atoms with Gasteiger partial charge in [0.05, 0.1) is 19.1 Å². The molecule has 0 bridgehead atoms. The molecule has 216 valence electrons. The van der Waals surface area contributed by atoms with E-state index in [9.17, 15) is 22.8 Å². The Hall–Kier alpha value is -3.48. The first kappa shape index (κ1) is 29.5. The minimum absolute atomic E-state index is 0.0482. The Morgan fingerprint density at radius 3 is 2.30 bits per heavy atom. The molecule has 4 rings (SSSR count). The van der Waals surface area contributed by atoms with Crippen molar-refractivity contribution in [1.82, 2.24) is 19.8 Å². The lowest BCUT2D eigenvalue weighted by molar-refractivity contribution is -0.147. The van der Waals surface area contributed by atoms with E-state index in [1.807, 2.05) is 0 Å². The average Bonchev–Trinajstić information content (AvgIpc) is 3.00. The van der Waals surface area contributed by atoms with Gasteiger partial charge in [-0.05, 0) is 55.8 Å². The molecule has 2 atom stereocenters. The first-order valence-electron chi connectivity index (χ1n) is 13.3. The van der Waals surface area contributed by atoms with Crippen LogP contribution in [0.25, 0.3) is 0 Å². The van der Waals surface area contributed by atoms with E-state index < -0.39 is 34.0 Å². The van der Waals surface area contributed by atoms with Gasteiger partial charge in [0.15, 0.2) is 0 Å². The third-order valence-corrected chi connectivity index (χ3v) is 9.31. The predicted molar refractivity (Wildman–Crippen MR) is 147 cm³/mol. The van der Waals surface area contributed by atoms with E-state index in [0.29, 0.717) is 18.6 Å². The van der Waals surface area contributed by atoms with Crippen molar-refractivity contribution in [3.05, 3.63) is 60.2 Å². The molecule has 2 saturated heterocycles. The Balaban J connectivity index is 1.59. The van der Waals surface area contributed by atoms with Crippen LogP contribution >= 0.6 is 0 Å². The summed E-state index contributed by atoms with van der Waals surface area (Å²) in [5, 5.41) is 5.94. The Morgan fingerprint density at radius 1 is 1.00 bits per heavy atom. The molecule has 2 aromatic carbocycles. The largest absolute Gasteiger partial charge is 0.497 e. The highest BCUT2D eigenvalue weighted by atomic mass is 32.2. The summed E-state index contributed by atoms with van der Waals surface area (Å²) in [6.45, 7) is 1.47. The number of rotatable bonds is 9. The van der Waals surface area contributed by atoms with Gasteiger partial charge in [-0.15, -0.1) is 0 Å². The molecule has 0 saturated carbocycles. The van der Waals surface area contributed by atoms with E-state index in [2.05, 4.69) is 10.6 Å². The van der Waals surface area contributed by atoms with E-state index in [0.717, 1.165) is 23.0 Å². The van der Waals surface area contributed by atoms with Crippen molar-refractivity contribution in [2.45, 2.75) is 36.2 Å². The second-order valence-electron chi connectivity index (χ2n) is 9.89. The van der Waals surface area contributed by atoms with Crippen molar-refractivity contribution in [3.63, 3.8) is 0 Å². The van der Waals surface area contributed by atoms with E-state index in [-0.39, 0.29) is 42.8 Å². The standard InChI is InChI=1S/C28H36N4O7S/c1-38-22-10-8-20(9-11-22)18-24(28(35)39-2)30-26(33)25-19-31(27(34)21-12-14-29-15-13-21)16-17-32(25)40(36,37)23-6-4-3-5-7-23/h3-11,21,24-25,29H,12-19H2,1-2H3,(H,30,33)/t24-,25-/m0/s1. The minimum atomic E-state index is -4.06. The van der Waals surface area contributed by atoms with Gasteiger partial charge in [-0.1, -0.05) is 30.3 Å². The van der Waals surface area contributed by atoms with Crippen LogP contribution in [0.4, 0.5) is 0 Å². The van der Waals surface area contributed by atoms with Crippen LogP contribution in [0.1, 0.15) is 18.4 Å². The van der Waals surface area contributed by atoms with Crippen molar-refractivity contribution >= 4 is 27.8 Å². The van der Waals surface area contributed by atoms with Gasteiger partial charge in [-0.25, -0.2) is 13.2 Å². The lowest BCUT2D eigenvalue weighted by Crippen LogP contribution is -2.63. The molecule has 2 aliphatic rings. The number of hydrogen-bond donors (Lipinski definition) is 2. The number of benzene rings is 2. The average molecular weight is 573 g/mol. The molecular weight excluding hydrogens is 536 g/mol. The van der Waals surface area contributed by atoms with Crippen LogP contribution in [0.5, 0.6) is 5.75 Å². The lowest BCUT2D eigenvalue weighted by Gasteiger charge is -2.41. The van der Waals surface area contributed by atoms with Gasteiger partial charge >= 0.3 is 5.97 Å². The molecule has 0 aliphatic carbocycles. The molecule has 0 radical (unpaired) electrons. The number of amides is 2. The number of nitrogens with one attached hydrogen (secondary N) is 2. The summed E-state index contributed by atoms with van der Waals surface area (Å²) in [6.07, 6.45) is 1.49. The number of methoxy groups -OCH3 is 2. The molecule has 2 aliphatic heterocycles. The maximum Gasteiger partial charge on any atom is 0.328 e. The topological polar surface area (TPSA) is 134 Å². The number of nitrogens with zero attached hydrogens (tertiary/aromatic N) is 2. The molecule has 2 heterocycles. The summed E-state index contributed by atoms with van der Waals surface area (Å²) >= 11 is 0. The van der Waals surface area contributed by atoms with E-state index in [1.54, 1.807) is 54.5 Å². The summed E-state index contributed by atoms with van der Waals surface area (Å²) < 4.78 is 38.5. The van der Waals surface area contributed by atoms with Crippen LogP contribution in [0.2, 0.25) is 0 Å². The number of sulfonamides is 1. The first-order chi connectivity index (χ1) is 19.2. The summed E-state index contributed by atoms with van der Waals surface area (Å²) in [5.74, 6) is -0.963. The zero-order valence-electron chi connectivity index (χ0n) is 22.7. The maximum absolute atomic E-state index is 13.8. The van der Waals surface area contributed by atoms with Crippen LogP contribution in [0.3, 0.4) is 0 Å². The van der Waals surface area contributed by atoms with Gasteiger partial charge in [0.1, 0.15) is 17.8 Å². The van der Waals surface area contributed by atoms with Gasteiger partial charge < -0.3 is 25.0 Å². The molecule has 0 spiro atoms. The number of esters is 1. The molecule has 0 unspecified atom stereocenters. The number of carbonyl (C=O) groups excluding carboxylic acids is 3. The normalized spacial score (nSPS) is 19.4. The number of hydrogen-bond acceptors (Lipinski definition) is 8. The van der Waals surface area contributed by atoms with Crippen molar-refractivity contribution in [1.29, 1.82) is 0 Å². The summed E-state index contributed by atoms with van der Waals surface area (Å²) in [5.41, 5.74) is 0.747. The minimum Gasteiger partial charge on any atom is -0.497 e. The highest BCUT2D eigenvalue weighted by molar-refractivity contribution is 7.89. The van der Waals surface area contributed by atoms with Crippen LogP contribution in [0.15, 0.2) is 59.5 Å². The van der Waals surface area contributed by atoms with Crippen molar-refractivity contribution in [3.8, 4) is 5.75 Å². The Kier molecular flexibility index (Phi) is 9.77. The first-order valence-corrected chi connectivity index (χ1v) is 14.8. The van der Waals surface area contributed by atoms with Gasteiger partial charge in [0.25, 0.3) is 0 Å². The maximum atomic E-state index is 13.8. The van der Waals surface area contributed by atoms with Gasteiger partial charge in [0, 0.05) is 32.0 Å². The molecule has 2 aromatic rings. The van der Waals surface area contributed by atoms with Crippen molar-refractivity contribution < 1.29 is 32.3 Å². The van der Waals surface area contributed by atoms with Crippen LogP contribution in [0, 0.1) is 5.92 Å². The number of ether oxygens (including phenoxy) is 2. The zero-order valence-corrected chi connectivity index (χ0v) is 23.6. The molecule has 2 fully saturated rings. The molecule has 12 heteroatoms. The van der Waals surface area contributed by atoms with Gasteiger partial charge in [-0.2, -0.15) is 4.31 Å². The van der Waals surface area contributed by atoms with Crippen LogP contribution in [-0.2, 0) is 35.6 Å². The molecule has 0 aromatic heterocycles. The Labute approximate surface area is 234 Å². The Morgan fingerprint density at radius 2 is 1.68 bits per heavy atom. The molecule has 2 amide bonds. The second-order valence-corrected chi connectivity index (χ2v) is 11.8. The Bertz CT molecular complexity index is 1280.